The third-order valence-corrected chi connectivity index (χ3v) is 10.5. The molecule has 48 heavy (non-hydrogen) atoms. The van der Waals surface area contributed by atoms with Crippen LogP contribution in [0, 0.1) is 0 Å². The molecule has 0 aliphatic carbocycles. The van der Waals surface area contributed by atoms with Gasteiger partial charge < -0.3 is 18.3 Å². The number of ether oxygens (including phenoxy) is 2. The third-order valence-electron chi connectivity index (χ3n) is 9.84. The molecular formula is C42H22Cl2N2O2. The number of hydrogen-bond acceptors (Lipinski definition) is 2. The molecule has 4 nitrogen and oxygen atoms in total. The Morgan fingerprint density at radius 2 is 0.771 bits per heavy atom. The summed E-state index contributed by atoms with van der Waals surface area (Å²) in [6, 6.07) is 45.6. The summed E-state index contributed by atoms with van der Waals surface area (Å²) in [7, 11) is 0. The van der Waals surface area contributed by atoms with Crippen molar-refractivity contribution < 1.29 is 9.47 Å². The SMILES string of the molecule is Clc1ccccc1Oc1ccc2c3cc4c(cc3n3c5ccccc5c1c23)c1ccc(Oc2ccccc2Cl)c2c3ccccc3n4c12. The van der Waals surface area contributed by atoms with Crippen molar-refractivity contribution in [2.24, 2.45) is 0 Å². The summed E-state index contributed by atoms with van der Waals surface area (Å²) >= 11 is 13.1. The van der Waals surface area contributed by atoms with Crippen molar-refractivity contribution in [2.45, 2.75) is 0 Å². The first kappa shape index (κ1) is 26.4. The van der Waals surface area contributed by atoms with Crippen LogP contribution in [0.25, 0.3) is 76.2 Å². The average molecular weight is 658 g/mol. The van der Waals surface area contributed by atoms with Crippen LogP contribution in [0.15, 0.2) is 133 Å². The van der Waals surface area contributed by atoms with Crippen LogP contribution >= 0.6 is 23.2 Å². The Kier molecular flexibility index (Phi) is 5.20. The van der Waals surface area contributed by atoms with Gasteiger partial charge in [0, 0.05) is 32.3 Å². The summed E-state index contributed by atoms with van der Waals surface area (Å²) in [6.45, 7) is 0. The highest BCUT2D eigenvalue weighted by atomic mass is 35.5. The van der Waals surface area contributed by atoms with E-state index in [-0.39, 0.29) is 0 Å². The molecule has 4 heterocycles. The van der Waals surface area contributed by atoms with Gasteiger partial charge >= 0.3 is 0 Å². The lowest BCUT2D eigenvalue weighted by Crippen LogP contribution is -1.86. The predicted octanol–water partition coefficient (Wildman–Crippen LogP) is 12.9. The van der Waals surface area contributed by atoms with Crippen molar-refractivity contribution in [3.05, 3.63) is 144 Å². The van der Waals surface area contributed by atoms with Crippen molar-refractivity contribution in [3.8, 4) is 23.0 Å². The smallest absolute Gasteiger partial charge is 0.146 e. The molecule has 11 rings (SSSR count). The normalized spacial score (nSPS) is 12.4. The van der Waals surface area contributed by atoms with E-state index in [2.05, 4.69) is 93.7 Å². The summed E-state index contributed by atoms with van der Waals surface area (Å²) in [5.41, 5.74) is 6.88. The molecule has 0 saturated carbocycles. The molecule has 0 amide bonds. The second-order valence-corrected chi connectivity index (χ2v) is 13.1. The Morgan fingerprint density at radius 1 is 0.354 bits per heavy atom. The van der Waals surface area contributed by atoms with Crippen LogP contribution in [-0.2, 0) is 0 Å². The first-order valence-corrected chi connectivity index (χ1v) is 16.6. The topological polar surface area (TPSA) is 27.3 Å². The van der Waals surface area contributed by atoms with Crippen molar-refractivity contribution in [1.82, 2.24) is 8.80 Å². The van der Waals surface area contributed by atoms with Crippen molar-refractivity contribution in [2.75, 3.05) is 0 Å². The summed E-state index contributed by atoms with van der Waals surface area (Å²) in [5, 5.41) is 10.3. The van der Waals surface area contributed by atoms with Crippen LogP contribution in [0.5, 0.6) is 23.0 Å². The van der Waals surface area contributed by atoms with Gasteiger partial charge in [-0.1, -0.05) is 83.9 Å². The van der Waals surface area contributed by atoms with Crippen LogP contribution in [0.3, 0.4) is 0 Å². The molecule has 0 aliphatic rings. The van der Waals surface area contributed by atoms with Gasteiger partial charge in [-0.15, -0.1) is 0 Å². The minimum absolute atomic E-state index is 0.581. The van der Waals surface area contributed by atoms with Crippen molar-refractivity contribution in [1.29, 1.82) is 0 Å². The predicted molar refractivity (Wildman–Crippen MR) is 199 cm³/mol. The van der Waals surface area contributed by atoms with Gasteiger partial charge in [0.25, 0.3) is 0 Å². The minimum Gasteiger partial charge on any atom is -0.455 e. The third kappa shape index (κ3) is 3.35. The molecule has 6 heteroatoms. The van der Waals surface area contributed by atoms with Gasteiger partial charge in [0.1, 0.15) is 23.0 Å². The Morgan fingerprint density at radius 3 is 1.23 bits per heavy atom. The van der Waals surface area contributed by atoms with Crippen molar-refractivity contribution in [3.63, 3.8) is 0 Å². The van der Waals surface area contributed by atoms with Gasteiger partial charge in [-0.3, -0.25) is 0 Å². The number of nitrogens with zero attached hydrogens (tertiary/aromatic N) is 2. The largest absolute Gasteiger partial charge is 0.455 e. The maximum Gasteiger partial charge on any atom is 0.146 e. The number of aromatic nitrogens is 2. The molecular weight excluding hydrogens is 635 g/mol. The molecule has 0 spiro atoms. The summed E-state index contributed by atoms with van der Waals surface area (Å²) in [4.78, 5) is 0. The van der Waals surface area contributed by atoms with Gasteiger partial charge in [-0.2, -0.15) is 0 Å². The van der Waals surface area contributed by atoms with E-state index in [1.165, 1.54) is 21.5 Å². The fraction of sp³-hybridized carbons (Fsp3) is 0. The maximum absolute atomic E-state index is 6.54. The molecule has 0 bridgehead atoms. The molecule has 7 aromatic carbocycles. The molecule has 0 saturated heterocycles. The van der Waals surface area contributed by atoms with Gasteiger partial charge in [0.2, 0.25) is 0 Å². The zero-order valence-electron chi connectivity index (χ0n) is 25.2. The number of para-hydroxylation sites is 4. The minimum atomic E-state index is 0.581. The second kappa shape index (κ2) is 9.45. The molecule has 0 fully saturated rings. The molecule has 0 radical (unpaired) electrons. The molecule has 0 unspecified atom stereocenters. The lowest BCUT2D eigenvalue weighted by molar-refractivity contribution is 0.489. The van der Waals surface area contributed by atoms with E-state index in [4.69, 9.17) is 32.7 Å². The number of hydrogen-bond donors (Lipinski definition) is 0. The molecule has 11 aromatic rings. The average Bonchev–Trinajstić information content (AvgIpc) is 3.83. The fourth-order valence-corrected chi connectivity index (χ4v) is 8.26. The van der Waals surface area contributed by atoms with Crippen LogP contribution in [0.1, 0.15) is 0 Å². The molecule has 0 N–H and O–H groups in total. The first-order valence-electron chi connectivity index (χ1n) is 15.8. The lowest BCUT2D eigenvalue weighted by Gasteiger charge is -2.09. The summed E-state index contributed by atoms with van der Waals surface area (Å²) in [5.74, 6) is 2.84. The van der Waals surface area contributed by atoms with Crippen LogP contribution in [-0.4, -0.2) is 8.80 Å². The Bertz CT molecular complexity index is 2890. The molecule has 0 aliphatic heterocycles. The number of benzene rings is 7. The van der Waals surface area contributed by atoms with Gasteiger partial charge in [-0.05, 0) is 72.8 Å². The molecule has 226 valence electrons. The number of rotatable bonds is 4. The highest BCUT2D eigenvalue weighted by molar-refractivity contribution is 6.33. The highest BCUT2D eigenvalue weighted by Gasteiger charge is 2.25. The highest BCUT2D eigenvalue weighted by Crippen LogP contribution is 2.49. The van der Waals surface area contributed by atoms with Gasteiger partial charge in [0.05, 0.1) is 53.9 Å². The molecule has 0 atom stereocenters. The maximum atomic E-state index is 6.54. The van der Waals surface area contributed by atoms with E-state index in [0.717, 1.165) is 66.1 Å². The number of fused-ring (bicyclic) bond motifs is 12. The fourth-order valence-electron chi connectivity index (χ4n) is 7.91. The standard InChI is InChI=1S/C42H22Cl2N2O2/c43-29-11-3-7-15-35(29)47-37-19-17-23-27-22-34-28(21-33(27)45-31-13-5-1-9-25(31)39(37)41(23)45)24-18-20-38(48-36-16-8-4-12-30(36)44)40-26-10-2-6-14-32(26)46(34)42(24)40/h1-22H. The van der Waals surface area contributed by atoms with Gasteiger partial charge in [0.15, 0.2) is 0 Å². The first-order chi connectivity index (χ1) is 23.7. The summed E-state index contributed by atoms with van der Waals surface area (Å²) in [6.07, 6.45) is 0. The quantitative estimate of drug-likeness (QED) is 0.188. The Balaban J connectivity index is 1.24. The van der Waals surface area contributed by atoms with E-state index >= 15 is 0 Å². The number of halogens is 2. The second-order valence-electron chi connectivity index (χ2n) is 12.3. The monoisotopic (exact) mass is 656 g/mol. The molecule has 4 aromatic heterocycles. The summed E-state index contributed by atoms with van der Waals surface area (Å²) < 4.78 is 17.8. The lowest BCUT2D eigenvalue weighted by atomic mass is 10.0. The zero-order valence-corrected chi connectivity index (χ0v) is 26.7. The van der Waals surface area contributed by atoms with Crippen molar-refractivity contribution >= 4 is 99.4 Å². The van der Waals surface area contributed by atoms with Crippen LogP contribution in [0.4, 0.5) is 0 Å². The Labute approximate surface area is 283 Å². The Hall–Kier alpha value is -5.68. The van der Waals surface area contributed by atoms with E-state index in [9.17, 15) is 0 Å². The van der Waals surface area contributed by atoms with E-state index in [0.29, 0.717) is 21.5 Å². The van der Waals surface area contributed by atoms with Crippen LogP contribution in [0.2, 0.25) is 10.0 Å². The zero-order chi connectivity index (χ0) is 31.7. The van der Waals surface area contributed by atoms with Crippen LogP contribution < -0.4 is 9.47 Å². The van der Waals surface area contributed by atoms with E-state index in [1.54, 1.807) is 0 Å². The van der Waals surface area contributed by atoms with E-state index < -0.39 is 0 Å². The van der Waals surface area contributed by atoms with Gasteiger partial charge in [-0.25, -0.2) is 0 Å². The van der Waals surface area contributed by atoms with E-state index in [1.807, 2.05) is 48.5 Å².